The van der Waals surface area contributed by atoms with Gasteiger partial charge < -0.3 is 9.47 Å². The highest BCUT2D eigenvalue weighted by atomic mass is 32.2. The lowest BCUT2D eigenvalue weighted by Crippen LogP contribution is -2.23. The number of rotatable bonds is 8. The van der Waals surface area contributed by atoms with Gasteiger partial charge in [-0.25, -0.2) is 13.1 Å². The highest BCUT2D eigenvalue weighted by molar-refractivity contribution is 7.89. The predicted molar refractivity (Wildman–Crippen MR) is 105 cm³/mol. The molecule has 0 saturated carbocycles. The fourth-order valence-electron chi connectivity index (χ4n) is 2.44. The molecule has 0 unspecified atom stereocenters. The van der Waals surface area contributed by atoms with Gasteiger partial charge in [0.05, 0.1) is 11.5 Å². The second-order valence-electron chi connectivity index (χ2n) is 5.79. The van der Waals surface area contributed by atoms with E-state index in [0.717, 1.165) is 11.3 Å². The summed E-state index contributed by atoms with van der Waals surface area (Å²) in [6, 6.07) is 23.0. The first-order chi connectivity index (χ1) is 13.1. The van der Waals surface area contributed by atoms with E-state index < -0.39 is 10.0 Å². The van der Waals surface area contributed by atoms with Gasteiger partial charge in [-0.1, -0.05) is 30.3 Å². The smallest absolute Gasteiger partial charge is 0.240 e. The number of hydrogen-bond donors (Lipinski definition) is 1. The van der Waals surface area contributed by atoms with Crippen LogP contribution < -0.4 is 14.2 Å². The first kappa shape index (κ1) is 18.9. The van der Waals surface area contributed by atoms with Crippen molar-refractivity contribution in [3.05, 3.63) is 84.4 Å². The summed E-state index contributed by atoms with van der Waals surface area (Å²) in [5.74, 6) is 2.03. The quantitative estimate of drug-likeness (QED) is 0.628. The van der Waals surface area contributed by atoms with Gasteiger partial charge in [0.15, 0.2) is 0 Å². The maximum Gasteiger partial charge on any atom is 0.240 e. The van der Waals surface area contributed by atoms with Gasteiger partial charge in [0.1, 0.15) is 17.2 Å². The Morgan fingerprint density at radius 3 is 2.00 bits per heavy atom. The Morgan fingerprint density at radius 2 is 1.37 bits per heavy atom. The molecule has 27 heavy (non-hydrogen) atoms. The standard InChI is InChI=1S/C21H21NO4S/c1-2-25-18-10-8-17(9-11-18)16-22-27(23,24)21-14-12-20(13-15-21)26-19-6-4-3-5-7-19/h3-15,22H,2,16H2,1H3. The van der Waals surface area contributed by atoms with Crippen LogP contribution in [-0.4, -0.2) is 15.0 Å². The molecular formula is C21H21NO4S. The molecule has 0 radical (unpaired) electrons. The number of hydrogen-bond acceptors (Lipinski definition) is 4. The van der Waals surface area contributed by atoms with Gasteiger partial charge in [0.2, 0.25) is 10.0 Å². The van der Waals surface area contributed by atoms with E-state index in [-0.39, 0.29) is 11.4 Å². The van der Waals surface area contributed by atoms with E-state index in [2.05, 4.69) is 4.72 Å². The van der Waals surface area contributed by atoms with Gasteiger partial charge in [-0.2, -0.15) is 0 Å². The van der Waals surface area contributed by atoms with Crippen LogP contribution in [0.15, 0.2) is 83.8 Å². The lowest BCUT2D eigenvalue weighted by Gasteiger charge is -2.09. The van der Waals surface area contributed by atoms with Gasteiger partial charge in [-0.05, 0) is 61.0 Å². The lowest BCUT2D eigenvalue weighted by molar-refractivity contribution is 0.340. The highest BCUT2D eigenvalue weighted by Crippen LogP contribution is 2.22. The van der Waals surface area contributed by atoms with E-state index in [0.29, 0.717) is 18.1 Å². The van der Waals surface area contributed by atoms with E-state index in [9.17, 15) is 8.42 Å². The number of sulfonamides is 1. The summed E-state index contributed by atoms with van der Waals surface area (Å²) in [7, 11) is -3.61. The van der Waals surface area contributed by atoms with Crippen LogP contribution in [0.2, 0.25) is 0 Å². The van der Waals surface area contributed by atoms with Crippen LogP contribution in [-0.2, 0) is 16.6 Å². The molecular weight excluding hydrogens is 362 g/mol. The Morgan fingerprint density at radius 1 is 0.778 bits per heavy atom. The topological polar surface area (TPSA) is 64.6 Å². The molecule has 0 aromatic heterocycles. The number of ether oxygens (including phenoxy) is 2. The van der Waals surface area contributed by atoms with Crippen LogP contribution in [0.1, 0.15) is 12.5 Å². The summed E-state index contributed by atoms with van der Waals surface area (Å²) in [5, 5.41) is 0. The number of benzene rings is 3. The third-order valence-corrected chi connectivity index (χ3v) is 5.23. The monoisotopic (exact) mass is 383 g/mol. The van der Waals surface area contributed by atoms with Crippen molar-refractivity contribution >= 4 is 10.0 Å². The molecule has 3 aromatic carbocycles. The molecule has 0 bridgehead atoms. The first-order valence-electron chi connectivity index (χ1n) is 8.61. The van der Waals surface area contributed by atoms with Crippen molar-refractivity contribution < 1.29 is 17.9 Å². The Kier molecular flexibility index (Phi) is 6.11. The molecule has 0 aliphatic heterocycles. The fourth-order valence-corrected chi connectivity index (χ4v) is 3.46. The summed E-state index contributed by atoms with van der Waals surface area (Å²) >= 11 is 0. The van der Waals surface area contributed by atoms with Crippen molar-refractivity contribution in [1.29, 1.82) is 0 Å². The SMILES string of the molecule is CCOc1ccc(CNS(=O)(=O)c2ccc(Oc3ccccc3)cc2)cc1. The van der Waals surface area contributed by atoms with Crippen molar-refractivity contribution in [2.24, 2.45) is 0 Å². The number of nitrogens with one attached hydrogen (secondary N) is 1. The number of para-hydroxylation sites is 1. The van der Waals surface area contributed by atoms with Crippen molar-refractivity contribution in [3.63, 3.8) is 0 Å². The Hall–Kier alpha value is -2.83. The molecule has 3 rings (SSSR count). The Bertz CT molecular complexity index is 953. The fraction of sp³-hybridized carbons (Fsp3) is 0.143. The second-order valence-corrected chi connectivity index (χ2v) is 7.55. The second kappa shape index (κ2) is 8.70. The maximum absolute atomic E-state index is 12.5. The molecule has 6 heteroatoms. The van der Waals surface area contributed by atoms with Crippen LogP contribution in [0.3, 0.4) is 0 Å². The average Bonchev–Trinajstić information content (AvgIpc) is 2.69. The van der Waals surface area contributed by atoms with Crippen LogP contribution >= 0.6 is 0 Å². The first-order valence-corrected chi connectivity index (χ1v) is 10.1. The predicted octanol–water partition coefficient (Wildman–Crippen LogP) is 4.36. The molecule has 0 amide bonds. The normalized spacial score (nSPS) is 11.1. The zero-order valence-corrected chi connectivity index (χ0v) is 15.8. The molecule has 5 nitrogen and oxygen atoms in total. The molecule has 0 atom stereocenters. The third-order valence-electron chi connectivity index (χ3n) is 3.81. The Balaban J connectivity index is 1.62. The molecule has 0 aliphatic carbocycles. The summed E-state index contributed by atoms with van der Waals surface area (Å²) in [4.78, 5) is 0.189. The van der Waals surface area contributed by atoms with Crippen molar-refractivity contribution in [2.75, 3.05) is 6.61 Å². The minimum Gasteiger partial charge on any atom is -0.494 e. The van der Waals surface area contributed by atoms with Gasteiger partial charge in [0.25, 0.3) is 0 Å². The molecule has 0 spiro atoms. The van der Waals surface area contributed by atoms with Crippen molar-refractivity contribution in [1.82, 2.24) is 4.72 Å². The molecule has 0 aliphatic rings. The zero-order valence-electron chi connectivity index (χ0n) is 15.0. The summed E-state index contributed by atoms with van der Waals surface area (Å²) in [5.41, 5.74) is 0.853. The summed E-state index contributed by atoms with van der Waals surface area (Å²) in [6.45, 7) is 2.71. The van der Waals surface area contributed by atoms with Crippen molar-refractivity contribution in [3.8, 4) is 17.2 Å². The van der Waals surface area contributed by atoms with Crippen molar-refractivity contribution in [2.45, 2.75) is 18.4 Å². The minimum absolute atomic E-state index is 0.189. The molecule has 0 saturated heterocycles. The highest BCUT2D eigenvalue weighted by Gasteiger charge is 2.14. The molecule has 0 fully saturated rings. The largest absolute Gasteiger partial charge is 0.494 e. The molecule has 1 N–H and O–H groups in total. The van der Waals surface area contributed by atoms with E-state index in [4.69, 9.17) is 9.47 Å². The van der Waals surface area contributed by atoms with Gasteiger partial charge >= 0.3 is 0 Å². The van der Waals surface area contributed by atoms with Crippen LogP contribution in [0.25, 0.3) is 0 Å². The molecule has 3 aromatic rings. The van der Waals surface area contributed by atoms with E-state index >= 15 is 0 Å². The van der Waals surface area contributed by atoms with Gasteiger partial charge in [-0.15, -0.1) is 0 Å². The third kappa shape index (κ3) is 5.32. The zero-order chi connectivity index (χ0) is 19.1. The van der Waals surface area contributed by atoms with Crippen LogP contribution in [0, 0.1) is 0 Å². The molecule has 0 heterocycles. The van der Waals surface area contributed by atoms with Gasteiger partial charge in [-0.3, -0.25) is 0 Å². The average molecular weight is 383 g/mol. The minimum atomic E-state index is -3.61. The van der Waals surface area contributed by atoms with Crippen LogP contribution in [0.4, 0.5) is 0 Å². The Labute approximate surface area is 159 Å². The van der Waals surface area contributed by atoms with Crippen LogP contribution in [0.5, 0.6) is 17.2 Å². The van der Waals surface area contributed by atoms with E-state index in [1.54, 1.807) is 12.1 Å². The maximum atomic E-state index is 12.5. The lowest BCUT2D eigenvalue weighted by atomic mass is 10.2. The van der Waals surface area contributed by atoms with E-state index in [1.807, 2.05) is 61.5 Å². The van der Waals surface area contributed by atoms with E-state index in [1.165, 1.54) is 12.1 Å². The summed E-state index contributed by atoms with van der Waals surface area (Å²) < 4.78 is 38.6. The molecule has 140 valence electrons. The van der Waals surface area contributed by atoms with Gasteiger partial charge in [0, 0.05) is 6.54 Å². The summed E-state index contributed by atoms with van der Waals surface area (Å²) in [6.07, 6.45) is 0.